The lowest BCUT2D eigenvalue weighted by molar-refractivity contribution is -0.142. The molecule has 0 unspecified atom stereocenters. The number of rotatable bonds is 10. The van der Waals surface area contributed by atoms with Crippen molar-refractivity contribution in [3.8, 4) is 5.75 Å². The molecule has 0 aliphatic carbocycles. The van der Waals surface area contributed by atoms with Gasteiger partial charge in [0.2, 0.25) is 5.90 Å². The van der Waals surface area contributed by atoms with Crippen molar-refractivity contribution < 1.29 is 19.1 Å². The van der Waals surface area contributed by atoms with Gasteiger partial charge in [0.15, 0.2) is 0 Å². The highest BCUT2D eigenvalue weighted by atomic mass is 35.5. The highest BCUT2D eigenvalue weighted by molar-refractivity contribution is 6.32. The standard InChI is InChI=1S/C25H29ClN4O4/c1-5-32-23(31)14-28-12-18-13-29-24-19(7-6-8-20(18)24)16(4)30-25(34-27)17-9-10-22(21(26)11-17)33-15(2)3/h6-11,13,15,28-29H,4-5,12,14,27H2,1-3H3. The summed E-state index contributed by atoms with van der Waals surface area (Å²) in [6.07, 6.45) is 1.88. The van der Waals surface area contributed by atoms with Crippen LogP contribution in [0.25, 0.3) is 16.6 Å². The number of halogens is 1. The van der Waals surface area contributed by atoms with Crippen LogP contribution in [0.5, 0.6) is 5.75 Å². The number of aliphatic imine (C=N–C) groups is 1. The SMILES string of the molecule is C=C(N=C(ON)c1ccc(OC(C)C)c(Cl)c1)c1cccc2c(CNCC(=O)OCC)c[nH]c12. The Morgan fingerprint density at radius 2 is 2.09 bits per heavy atom. The maximum Gasteiger partial charge on any atom is 0.319 e. The van der Waals surface area contributed by atoms with Gasteiger partial charge in [0.25, 0.3) is 0 Å². The van der Waals surface area contributed by atoms with E-state index in [1.807, 2.05) is 38.2 Å². The Morgan fingerprint density at radius 3 is 2.76 bits per heavy atom. The first-order chi connectivity index (χ1) is 16.3. The average Bonchev–Trinajstić information content (AvgIpc) is 3.22. The molecule has 0 bridgehead atoms. The predicted molar refractivity (Wildman–Crippen MR) is 135 cm³/mol. The van der Waals surface area contributed by atoms with E-state index in [1.165, 1.54) is 0 Å². The lowest BCUT2D eigenvalue weighted by Crippen LogP contribution is -2.24. The number of benzene rings is 2. The van der Waals surface area contributed by atoms with E-state index in [0.717, 1.165) is 22.0 Å². The number of hydrogen-bond acceptors (Lipinski definition) is 7. The van der Waals surface area contributed by atoms with E-state index in [4.69, 9.17) is 31.8 Å². The number of hydrogen-bond donors (Lipinski definition) is 3. The molecule has 8 nitrogen and oxygen atoms in total. The fourth-order valence-corrected chi connectivity index (χ4v) is 3.66. The zero-order valence-electron chi connectivity index (χ0n) is 19.5. The van der Waals surface area contributed by atoms with Gasteiger partial charge in [-0.3, -0.25) is 4.79 Å². The van der Waals surface area contributed by atoms with E-state index in [2.05, 4.69) is 21.9 Å². The van der Waals surface area contributed by atoms with Gasteiger partial charge in [-0.1, -0.05) is 36.4 Å². The molecule has 0 aliphatic rings. The number of nitrogens with two attached hydrogens (primary N) is 1. The highest BCUT2D eigenvalue weighted by Crippen LogP contribution is 2.29. The Morgan fingerprint density at radius 1 is 1.29 bits per heavy atom. The van der Waals surface area contributed by atoms with Gasteiger partial charge < -0.3 is 24.6 Å². The first kappa shape index (κ1) is 25.3. The van der Waals surface area contributed by atoms with Crippen molar-refractivity contribution >= 4 is 40.1 Å². The molecule has 3 rings (SSSR count). The topological polar surface area (TPSA) is 111 Å². The van der Waals surface area contributed by atoms with E-state index in [1.54, 1.807) is 25.1 Å². The van der Waals surface area contributed by atoms with Crippen LogP contribution in [-0.2, 0) is 20.9 Å². The van der Waals surface area contributed by atoms with Gasteiger partial charge in [-0.2, -0.15) is 5.90 Å². The molecule has 0 spiro atoms. The van der Waals surface area contributed by atoms with Crippen molar-refractivity contribution in [3.05, 3.63) is 70.9 Å². The second-order valence-corrected chi connectivity index (χ2v) is 8.15. The molecule has 34 heavy (non-hydrogen) atoms. The summed E-state index contributed by atoms with van der Waals surface area (Å²) in [6, 6.07) is 11.0. The normalized spacial score (nSPS) is 11.6. The van der Waals surface area contributed by atoms with E-state index < -0.39 is 0 Å². The molecular formula is C25H29ClN4O4. The Hall–Kier alpha value is -3.33. The summed E-state index contributed by atoms with van der Waals surface area (Å²) in [4.78, 5) is 24.4. The number of H-pyrrole nitrogens is 1. The lowest BCUT2D eigenvalue weighted by Gasteiger charge is -2.13. The number of ether oxygens (including phenoxy) is 2. The number of carbonyl (C=O) groups excluding carboxylic acids is 1. The number of carbonyl (C=O) groups is 1. The first-order valence-corrected chi connectivity index (χ1v) is 11.3. The number of aromatic amines is 1. The molecule has 1 aromatic heterocycles. The minimum absolute atomic E-state index is 0.00596. The van der Waals surface area contributed by atoms with Crippen LogP contribution >= 0.6 is 11.6 Å². The third-order valence-corrected chi connectivity index (χ3v) is 5.19. The van der Waals surface area contributed by atoms with Gasteiger partial charge in [0.05, 0.1) is 35.5 Å². The molecule has 0 fully saturated rings. The van der Waals surface area contributed by atoms with Crippen LogP contribution < -0.4 is 16.0 Å². The summed E-state index contributed by atoms with van der Waals surface area (Å²) < 4.78 is 10.6. The summed E-state index contributed by atoms with van der Waals surface area (Å²) in [6.45, 7) is 10.7. The number of esters is 1. The first-order valence-electron chi connectivity index (χ1n) is 10.9. The quantitative estimate of drug-likeness (QED) is 0.168. The Kier molecular flexibility index (Phi) is 8.70. The summed E-state index contributed by atoms with van der Waals surface area (Å²) in [5, 5.41) is 4.50. The van der Waals surface area contributed by atoms with Crippen LogP contribution in [0.2, 0.25) is 5.02 Å². The number of nitrogens with zero attached hydrogens (tertiary/aromatic N) is 1. The summed E-state index contributed by atoms with van der Waals surface area (Å²) in [7, 11) is 0. The third kappa shape index (κ3) is 6.17. The van der Waals surface area contributed by atoms with E-state index in [0.29, 0.717) is 35.2 Å². The molecule has 2 aromatic carbocycles. The predicted octanol–water partition coefficient (Wildman–Crippen LogP) is 4.57. The Bertz CT molecular complexity index is 1200. The van der Waals surface area contributed by atoms with E-state index in [9.17, 15) is 4.79 Å². The molecule has 180 valence electrons. The highest BCUT2D eigenvalue weighted by Gasteiger charge is 2.14. The molecule has 0 saturated carbocycles. The fraction of sp³-hybridized carbons (Fsp3) is 0.280. The van der Waals surface area contributed by atoms with Crippen molar-refractivity contribution in [2.75, 3.05) is 13.2 Å². The summed E-state index contributed by atoms with van der Waals surface area (Å²) in [5.74, 6) is 5.96. The van der Waals surface area contributed by atoms with Gasteiger partial charge in [-0.15, -0.1) is 0 Å². The number of aromatic nitrogens is 1. The largest absolute Gasteiger partial charge is 0.489 e. The zero-order valence-corrected chi connectivity index (χ0v) is 20.2. The second-order valence-electron chi connectivity index (χ2n) is 7.74. The van der Waals surface area contributed by atoms with E-state index >= 15 is 0 Å². The molecule has 3 aromatic rings. The van der Waals surface area contributed by atoms with Gasteiger partial charge in [-0.05, 0) is 44.5 Å². The number of nitrogens with one attached hydrogen (secondary N) is 2. The fourth-order valence-electron chi connectivity index (χ4n) is 3.44. The number of fused-ring (bicyclic) bond motifs is 1. The molecule has 0 aliphatic heterocycles. The van der Waals surface area contributed by atoms with E-state index in [-0.39, 0.29) is 24.5 Å². The van der Waals surface area contributed by atoms with Crippen LogP contribution in [0.1, 0.15) is 37.5 Å². The van der Waals surface area contributed by atoms with Crippen LogP contribution in [0, 0.1) is 0 Å². The third-order valence-electron chi connectivity index (χ3n) is 4.89. The average molecular weight is 485 g/mol. The van der Waals surface area contributed by atoms with Crippen LogP contribution in [0.4, 0.5) is 0 Å². The molecule has 4 N–H and O–H groups in total. The van der Waals surface area contributed by atoms with Gasteiger partial charge in [0, 0.05) is 29.3 Å². The van der Waals surface area contributed by atoms with Crippen molar-refractivity contribution in [1.29, 1.82) is 0 Å². The molecule has 0 saturated heterocycles. The molecule has 0 atom stereocenters. The van der Waals surface area contributed by atoms with Crippen LogP contribution in [0.3, 0.4) is 0 Å². The molecular weight excluding hydrogens is 456 g/mol. The zero-order chi connectivity index (χ0) is 24.7. The minimum atomic E-state index is -0.288. The monoisotopic (exact) mass is 484 g/mol. The smallest absolute Gasteiger partial charge is 0.319 e. The maximum absolute atomic E-state index is 11.6. The second kappa shape index (κ2) is 11.7. The molecule has 0 radical (unpaired) electrons. The van der Waals surface area contributed by atoms with Crippen molar-refractivity contribution in [2.45, 2.75) is 33.4 Å². The Balaban J connectivity index is 1.82. The van der Waals surface area contributed by atoms with Crippen molar-refractivity contribution in [1.82, 2.24) is 10.3 Å². The van der Waals surface area contributed by atoms with Crippen LogP contribution in [0.15, 0.2) is 54.2 Å². The molecule has 9 heteroatoms. The maximum atomic E-state index is 11.6. The summed E-state index contributed by atoms with van der Waals surface area (Å²) in [5.41, 5.74) is 3.69. The molecule has 1 heterocycles. The molecule has 0 amide bonds. The van der Waals surface area contributed by atoms with Gasteiger partial charge in [-0.25, -0.2) is 4.99 Å². The van der Waals surface area contributed by atoms with Crippen LogP contribution in [-0.4, -0.2) is 36.1 Å². The van der Waals surface area contributed by atoms with Crippen molar-refractivity contribution in [2.24, 2.45) is 10.9 Å². The minimum Gasteiger partial charge on any atom is -0.489 e. The Labute approximate surface area is 203 Å². The van der Waals surface area contributed by atoms with Gasteiger partial charge in [0.1, 0.15) is 5.75 Å². The van der Waals surface area contributed by atoms with Crippen molar-refractivity contribution in [3.63, 3.8) is 0 Å². The summed E-state index contributed by atoms with van der Waals surface area (Å²) >= 11 is 6.35. The lowest BCUT2D eigenvalue weighted by atomic mass is 10.1. The van der Waals surface area contributed by atoms with Gasteiger partial charge >= 0.3 is 5.97 Å². The number of para-hydroxylation sites is 1.